The lowest BCUT2D eigenvalue weighted by Crippen LogP contribution is -2.36. The molecule has 2 N–H and O–H groups in total. The number of aromatic nitrogens is 2. The molecule has 2 aromatic carbocycles. The molecule has 10 heteroatoms. The highest BCUT2D eigenvalue weighted by molar-refractivity contribution is 6.18. The van der Waals surface area contributed by atoms with E-state index in [1.165, 1.54) is 6.39 Å². The Morgan fingerprint density at radius 1 is 1.27 bits per heavy atom. The summed E-state index contributed by atoms with van der Waals surface area (Å²) in [7, 11) is 5.48. The van der Waals surface area contributed by atoms with Gasteiger partial charge in [0.05, 0.1) is 30.4 Å². The molecule has 0 unspecified atom stereocenters. The predicted octanol–water partition coefficient (Wildman–Crippen LogP) is 4.35. The smallest absolute Gasteiger partial charge is 0.407 e. The molecule has 4 aromatic rings. The van der Waals surface area contributed by atoms with Crippen LogP contribution in [-0.2, 0) is 11.2 Å². The third kappa shape index (κ3) is 4.80. The van der Waals surface area contributed by atoms with E-state index in [9.17, 15) is 9.59 Å². The zero-order valence-corrected chi connectivity index (χ0v) is 21.5. The summed E-state index contributed by atoms with van der Waals surface area (Å²) in [4.78, 5) is 34.8. The van der Waals surface area contributed by atoms with Crippen molar-refractivity contribution in [1.29, 1.82) is 0 Å². The molecule has 9 nitrogen and oxygen atoms in total. The summed E-state index contributed by atoms with van der Waals surface area (Å²) in [5.74, 6) is 1.40. The minimum Gasteiger partial charge on any atom is -0.496 e. The predicted molar refractivity (Wildman–Crippen MR) is 141 cm³/mol. The van der Waals surface area contributed by atoms with Crippen LogP contribution in [0.25, 0.3) is 33.5 Å². The molecule has 5 rings (SSSR count). The van der Waals surface area contributed by atoms with Gasteiger partial charge in [0, 0.05) is 42.1 Å². The fourth-order valence-electron chi connectivity index (χ4n) is 4.94. The van der Waals surface area contributed by atoms with Crippen LogP contribution < -0.4 is 15.5 Å². The number of nitrogens with one attached hydrogen (secondary N) is 2. The Kier molecular flexibility index (Phi) is 6.90. The van der Waals surface area contributed by atoms with Crippen LogP contribution in [0.2, 0.25) is 0 Å². The fraction of sp³-hybridized carbons (Fsp3) is 0.296. The molecule has 0 saturated heterocycles. The summed E-state index contributed by atoms with van der Waals surface area (Å²) in [5, 5.41) is 3.17. The van der Waals surface area contributed by atoms with Gasteiger partial charge in [0.2, 0.25) is 0 Å². The van der Waals surface area contributed by atoms with Crippen molar-refractivity contribution >= 4 is 28.6 Å². The Balaban J connectivity index is 1.51. The number of benzene rings is 2. The highest BCUT2D eigenvalue weighted by Gasteiger charge is 2.37. The number of carbonyl (C=O) groups excluding carboxylic acids is 1. The highest BCUT2D eigenvalue weighted by atomic mass is 35.5. The average molecular weight is 523 g/mol. The van der Waals surface area contributed by atoms with E-state index in [1.54, 1.807) is 31.5 Å². The zero-order chi connectivity index (χ0) is 26.1. The topological polar surface area (TPSA) is 110 Å². The van der Waals surface area contributed by atoms with Gasteiger partial charge in [0.1, 0.15) is 11.9 Å². The first kappa shape index (κ1) is 24.9. The molecule has 0 fully saturated rings. The number of H-pyrrole nitrogens is 1. The third-order valence-electron chi connectivity index (χ3n) is 6.58. The first-order valence-corrected chi connectivity index (χ1v) is 12.4. The van der Waals surface area contributed by atoms with Gasteiger partial charge in [-0.15, -0.1) is 11.6 Å². The Hall–Kier alpha value is -3.82. The van der Waals surface area contributed by atoms with Crippen molar-refractivity contribution in [3.63, 3.8) is 0 Å². The molecular weight excluding hydrogens is 496 g/mol. The van der Waals surface area contributed by atoms with Crippen LogP contribution in [-0.4, -0.2) is 60.7 Å². The van der Waals surface area contributed by atoms with Gasteiger partial charge in [0.25, 0.3) is 0 Å². The number of likely N-dealkylation sites (N-methyl/N-ethyl adjacent to an activating group) is 1. The maximum Gasteiger partial charge on any atom is 0.407 e. The van der Waals surface area contributed by atoms with Crippen LogP contribution in [0.1, 0.15) is 17.2 Å². The Morgan fingerprint density at radius 2 is 2.11 bits per heavy atom. The number of methoxy groups -OCH3 is 1. The van der Waals surface area contributed by atoms with Gasteiger partial charge in [-0.2, -0.15) is 0 Å². The molecule has 0 bridgehead atoms. The number of oxazole rings is 1. The maximum atomic E-state index is 13.2. The van der Waals surface area contributed by atoms with Gasteiger partial charge in [-0.3, -0.25) is 9.69 Å². The number of carbonyl (C=O) groups is 1. The molecular formula is C27H27ClN4O5. The second-order valence-corrected chi connectivity index (χ2v) is 9.47. The summed E-state index contributed by atoms with van der Waals surface area (Å²) in [6.45, 7) is 0.344. The highest BCUT2D eigenvalue weighted by Crippen LogP contribution is 2.39. The second kappa shape index (κ2) is 10.3. The first-order valence-electron chi connectivity index (χ1n) is 11.8. The number of hydrogen-bond donors (Lipinski definition) is 2. The number of nitrogens with zero attached hydrogens (tertiary/aromatic N) is 2. The number of pyridine rings is 1. The molecule has 1 aliphatic carbocycles. The van der Waals surface area contributed by atoms with Crippen LogP contribution in [0.4, 0.5) is 4.79 Å². The van der Waals surface area contributed by atoms with Gasteiger partial charge < -0.3 is 24.2 Å². The van der Waals surface area contributed by atoms with Gasteiger partial charge >= 0.3 is 6.09 Å². The van der Waals surface area contributed by atoms with Crippen molar-refractivity contribution in [2.24, 2.45) is 0 Å². The average Bonchev–Trinajstić information content (AvgIpc) is 3.54. The molecule has 1 amide bonds. The molecule has 0 aliphatic heterocycles. The van der Waals surface area contributed by atoms with E-state index in [0.717, 1.165) is 16.7 Å². The molecule has 2 aromatic heterocycles. The summed E-state index contributed by atoms with van der Waals surface area (Å²) in [5.41, 5.74) is 4.85. The summed E-state index contributed by atoms with van der Waals surface area (Å²) < 4.78 is 16.7. The number of halogens is 1. The zero-order valence-electron chi connectivity index (χ0n) is 20.7. The molecule has 2 atom stereocenters. The van der Waals surface area contributed by atoms with Crippen LogP contribution in [0, 0.1) is 0 Å². The second-order valence-electron chi connectivity index (χ2n) is 9.10. The van der Waals surface area contributed by atoms with E-state index in [-0.39, 0.29) is 17.6 Å². The minimum absolute atomic E-state index is 0.131. The number of aromatic amines is 1. The van der Waals surface area contributed by atoms with E-state index in [4.69, 9.17) is 25.5 Å². The number of amides is 1. The van der Waals surface area contributed by atoms with Crippen molar-refractivity contribution in [3.8, 4) is 28.3 Å². The fourth-order valence-corrected chi connectivity index (χ4v) is 5.03. The first-order chi connectivity index (χ1) is 17.9. The number of ether oxygens (including phenoxy) is 2. The SMILES string of the molecule is COc1cc2[nH]c(-c3ccc4c(c3)[C@@H](N(C)C)[C@H](OC(=O)NCCCl)C4)cc(=O)c2cc1-c1cnco1. The standard InChI is InChI=1S/C27H27ClN4O5/c1-32(2)26-17-8-16(5-4-15(17)9-24(26)37-27(34)30-7-6-28)20-11-22(33)18-10-19(25-13-29-14-36-25)23(35-3)12-21(18)31-20/h4-5,8,10-14,24,26H,6-7,9H2,1-3H3,(H,30,34)(H,31,33)/t24-,26-/m1/s1. The lowest BCUT2D eigenvalue weighted by Gasteiger charge is -2.27. The number of hydrogen-bond acceptors (Lipinski definition) is 7. The van der Waals surface area contributed by atoms with Crippen LogP contribution >= 0.6 is 11.6 Å². The lowest BCUT2D eigenvalue weighted by molar-refractivity contribution is 0.0538. The van der Waals surface area contributed by atoms with Crippen LogP contribution in [0.3, 0.4) is 0 Å². The van der Waals surface area contributed by atoms with E-state index in [2.05, 4.69) is 21.4 Å². The van der Waals surface area contributed by atoms with Crippen LogP contribution in [0.15, 0.2) is 58.2 Å². The third-order valence-corrected chi connectivity index (χ3v) is 6.76. The van der Waals surface area contributed by atoms with Gasteiger partial charge in [0.15, 0.2) is 17.6 Å². The normalized spacial score (nSPS) is 16.7. The van der Waals surface area contributed by atoms with Crippen molar-refractivity contribution in [3.05, 3.63) is 70.3 Å². The molecule has 2 heterocycles. The molecule has 192 valence electrons. The van der Waals surface area contributed by atoms with Gasteiger partial charge in [-0.25, -0.2) is 9.78 Å². The van der Waals surface area contributed by atoms with E-state index < -0.39 is 6.09 Å². The minimum atomic E-state index is -0.483. The van der Waals surface area contributed by atoms with Crippen molar-refractivity contribution in [2.75, 3.05) is 33.6 Å². The number of alkyl carbamates (subject to hydrolysis) is 1. The molecule has 37 heavy (non-hydrogen) atoms. The monoisotopic (exact) mass is 522 g/mol. The van der Waals surface area contributed by atoms with E-state index in [1.807, 2.05) is 31.1 Å². The van der Waals surface area contributed by atoms with Gasteiger partial charge in [-0.05, 0) is 42.9 Å². The maximum absolute atomic E-state index is 13.2. The Bertz CT molecular complexity index is 1500. The molecule has 0 radical (unpaired) electrons. The van der Waals surface area contributed by atoms with E-state index >= 15 is 0 Å². The largest absolute Gasteiger partial charge is 0.496 e. The molecule has 0 saturated carbocycles. The lowest BCUT2D eigenvalue weighted by atomic mass is 10.0. The number of alkyl halides is 1. The van der Waals surface area contributed by atoms with Crippen molar-refractivity contribution in [1.82, 2.24) is 20.2 Å². The summed E-state index contributed by atoms with van der Waals surface area (Å²) >= 11 is 5.67. The van der Waals surface area contributed by atoms with Crippen molar-refractivity contribution < 1.29 is 18.7 Å². The Morgan fingerprint density at radius 3 is 2.81 bits per heavy atom. The molecule has 1 aliphatic rings. The Labute approximate surface area is 218 Å². The summed E-state index contributed by atoms with van der Waals surface area (Å²) in [6.07, 6.45) is 2.69. The molecule has 0 spiro atoms. The van der Waals surface area contributed by atoms with E-state index in [0.29, 0.717) is 52.5 Å². The van der Waals surface area contributed by atoms with Crippen molar-refractivity contribution in [2.45, 2.75) is 18.6 Å². The quantitative estimate of drug-likeness (QED) is 0.347. The van der Waals surface area contributed by atoms with Crippen LogP contribution in [0.5, 0.6) is 5.75 Å². The van der Waals surface area contributed by atoms with Gasteiger partial charge in [-0.1, -0.05) is 12.1 Å². The number of rotatable bonds is 7. The summed E-state index contributed by atoms with van der Waals surface area (Å²) in [6, 6.07) is 11.0. The number of fused-ring (bicyclic) bond motifs is 2.